The second kappa shape index (κ2) is 6.59. The molecule has 0 saturated heterocycles. The van der Waals surface area contributed by atoms with Crippen molar-refractivity contribution in [1.82, 2.24) is 4.90 Å². The molecule has 0 radical (unpaired) electrons. The summed E-state index contributed by atoms with van der Waals surface area (Å²) in [6.07, 6.45) is 0.428. The molecule has 0 aliphatic rings. The smallest absolute Gasteiger partial charge is 0.227 e. The minimum Gasteiger partial charge on any atom is -0.340 e. The van der Waals surface area contributed by atoms with Gasteiger partial charge in [-0.05, 0) is 39.7 Å². The summed E-state index contributed by atoms with van der Waals surface area (Å²) in [7, 11) is 1.84. The van der Waals surface area contributed by atoms with E-state index in [1.165, 1.54) is 4.88 Å². The van der Waals surface area contributed by atoms with Gasteiger partial charge in [0, 0.05) is 26.7 Å². The van der Waals surface area contributed by atoms with Gasteiger partial charge in [-0.3, -0.25) is 4.79 Å². The van der Waals surface area contributed by atoms with Crippen molar-refractivity contribution in [1.29, 1.82) is 0 Å². The summed E-state index contributed by atoms with van der Waals surface area (Å²) in [5.74, 6) is 0.122. The largest absolute Gasteiger partial charge is 0.340 e. The maximum Gasteiger partial charge on any atom is 0.227 e. The van der Waals surface area contributed by atoms with Gasteiger partial charge in [0.15, 0.2) is 0 Å². The van der Waals surface area contributed by atoms with Crippen molar-refractivity contribution in [3.8, 4) is 0 Å². The highest BCUT2D eigenvalue weighted by atomic mass is 79.9. The Morgan fingerprint density at radius 1 is 1.37 bits per heavy atom. The molecule has 0 fully saturated rings. The first-order valence-electron chi connectivity index (χ1n) is 5.79. The number of nitrogens with zero attached hydrogens (tertiary/aromatic N) is 1. The van der Waals surface area contributed by atoms with Crippen LogP contribution in [-0.4, -0.2) is 17.9 Å². The number of thiol groups is 1. The number of halogens is 1. The molecular formula is C14H14BrNOS2. The lowest BCUT2D eigenvalue weighted by molar-refractivity contribution is -0.129. The number of likely N-dealkylation sites (N-methyl/N-ethyl adjacent to an activating group) is 1. The molecular weight excluding hydrogens is 342 g/mol. The molecule has 100 valence electrons. The second-order valence-electron chi connectivity index (χ2n) is 4.32. The number of carbonyl (C=O) groups excluding carboxylic acids is 1. The molecule has 1 amide bonds. The monoisotopic (exact) mass is 355 g/mol. The van der Waals surface area contributed by atoms with Crippen LogP contribution in [0, 0.1) is 0 Å². The summed E-state index contributed by atoms with van der Waals surface area (Å²) in [6.45, 7) is 0.653. The third-order valence-electron chi connectivity index (χ3n) is 2.73. The number of benzene rings is 1. The van der Waals surface area contributed by atoms with Crippen LogP contribution in [0.2, 0.25) is 0 Å². The Kier molecular flexibility index (Phi) is 5.07. The van der Waals surface area contributed by atoms with Gasteiger partial charge in [-0.25, -0.2) is 0 Å². The van der Waals surface area contributed by atoms with Crippen molar-refractivity contribution in [2.24, 2.45) is 0 Å². The van der Waals surface area contributed by atoms with Gasteiger partial charge in [0.05, 0.1) is 13.0 Å². The highest BCUT2D eigenvalue weighted by molar-refractivity contribution is 9.10. The fourth-order valence-electron chi connectivity index (χ4n) is 1.68. The standard InChI is InChI=1S/C14H14BrNOS2/c1-16(8-13-7-11(15)9-19-13)14(17)6-10-2-4-12(18)5-3-10/h2-5,7,9,18H,6,8H2,1H3. The Labute approximate surface area is 131 Å². The molecule has 19 heavy (non-hydrogen) atoms. The first-order chi connectivity index (χ1) is 9.04. The van der Waals surface area contributed by atoms with Crippen LogP contribution in [0.5, 0.6) is 0 Å². The third-order valence-corrected chi connectivity index (χ3v) is 4.71. The number of rotatable bonds is 4. The molecule has 1 aromatic heterocycles. The van der Waals surface area contributed by atoms with Crippen molar-refractivity contribution >= 4 is 45.8 Å². The van der Waals surface area contributed by atoms with Gasteiger partial charge in [0.25, 0.3) is 0 Å². The molecule has 2 aromatic rings. The molecule has 0 N–H and O–H groups in total. The Morgan fingerprint density at radius 3 is 2.63 bits per heavy atom. The summed E-state index contributed by atoms with van der Waals surface area (Å²) in [5, 5.41) is 2.03. The van der Waals surface area contributed by atoms with E-state index in [1.54, 1.807) is 16.2 Å². The summed E-state index contributed by atoms with van der Waals surface area (Å²) in [4.78, 5) is 15.9. The first kappa shape index (κ1) is 14.6. The van der Waals surface area contributed by atoms with E-state index in [1.807, 2.05) is 42.8 Å². The fraction of sp³-hybridized carbons (Fsp3) is 0.214. The fourth-order valence-corrected chi connectivity index (χ4v) is 3.33. The quantitative estimate of drug-likeness (QED) is 0.821. The normalized spacial score (nSPS) is 10.5. The van der Waals surface area contributed by atoms with Crippen LogP contribution in [0.25, 0.3) is 0 Å². The molecule has 1 aromatic carbocycles. The van der Waals surface area contributed by atoms with E-state index in [2.05, 4.69) is 28.6 Å². The molecule has 0 saturated carbocycles. The molecule has 0 bridgehead atoms. The van der Waals surface area contributed by atoms with E-state index in [-0.39, 0.29) is 5.91 Å². The topological polar surface area (TPSA) is 20.3 Å². The van der Waals surface area contributed by atoms with E-state index in [9.17, 15) is 4.79 Å². The average Bonchev–Trinajstić information content (AvgIpc) is 2.77. The summed E-state index contributed by atoms with van der Waals surface area (Å²) in [6, 6.07) is 9.74. The minimum absolute atomic E-state index is 0.122. The van der Waals surface area contributed by atoms with E-state index in [0.717, 1.165) is 14.9 Å². The Morgan fingerprint density at radius 2 is 2.05 bits per heavy atom. The zero-order valence-electron chi connectivity index (χ0n) is 10.5. The number of hydrogen-bond acceptors (Lipinski definition) is 3. The molecule has 0 aliphatic heterocycles. The Hall–Kier alpha value is -0.780. The maximum absolute atomic E-state index is 12.1. The van der Waals surface area contributed by atoms with Crippen molar-refractivity contribution in [3.63, 3.8) is 0 Å². The van der Waals surface area contributed by atoms with Crippen LogP contribution >= 0.6 is 39.9 Å². The maximum atomic E-state index is 12.1. The minimum atomic E-state index is 0.122. The summed E-state index contributed by atoms with van der Waals surface area (Å²) in [5.41, 5.74) is 1.02. The average molecular weight is 356 g/mol. The van der Waals surface area contributed by atoms with Crippen LogP contribution in [-0.2, 0) is 17.8 Å². The van der Waals surface area contributed by atoms with Gasteiger partial charge in [-0.1, -0.05) is 12.1 Å². The van der Waals surface area contributed by atoms with E-state index < -0.39 is 0 Å². The first-order valence-corrected chi connectivity index (χ1v) is 7.91. The zero-order chi connectivity index (χ0) is 13.8. The molecule has 0 unspecified atom stereocenters. The molecule has 2 rings (SSSR count). The van der Waals surface area contributed by atoms with Crippen molar-refractivity contribution in [2.75, 3.05) is 7.05 Å². The van der Waals surface area contributed by atoms with Gasteiger partial charge in [-0.2, -0.15) is 0 Å². The molecule has 1 heterocycles. The predicted octanol–water partition coefficient (Wildman–Crippen LogP) is 4.00. The van der Waals surface area contributed by atoms with Crippen LogP contribution in [0.15, 0.2) is 45.1 Å². The van der Waals surface area contributed by atoms with Gasteiger partial charge >= 0.3 is 0 Å². The zero-order valence-corrected chi connectivity index (χ0v) is 13.8. The van der Waals surface area contributed by atoms with E-state index in [4.69, 9.17) is 0 Å². The number of hydrogen-bond donors (Lipinski definition) is 1. The predicted molar refractivity (Wildman–Crippen MR) is 85.9 cm³/mol. The highest BCUT2D eigenvalue weighted by Gasteiger charge is 2.11. The van der Waals surface area contributed by atoms with Crippen LogP contribution in [0.4, 0.5) is 0 Å². The molecule has 0 spiro atoms. The molecule has 0 aliphatic carbocycles. The highest BCUT2D eigenvalue weighted by Crippen LogP contribution is 2.21. The van der Waals surface area contributed by atoms with Gasteiger partial charge in [0.2, 0.25) is 5.91 Å². The lowest BCUT2D eigenvalue weighted by atomic mass is 10.1. The van der Waals surface area contributed by atoms with Crippen LogP contribution < -0.4 is 0 Å². The molecule has 2 nitrogen and oxygen atoms in total. The third kappa shape index (κ3) is 4.37. The number of amides is 1. The Balaban J connectivity index is 1.94. The lowest BCUT2D eigenvalue weighted by Crippen LogP contribution is -2.27. The van der Waals surface area contributed by atoms with Crippen molar-refractivity contribution < 1.29 is 4.79 Å². The molecule has 5 heteroatoms. The number of thiophene rings is 1. The van der Waals surface area contributed by atoms with E-state index in [0.29, 0.717) is 13.0 Å². The van der Waals surface area contributed by atoms with E-state index >= 15 is 0 Å². The Bertz CT molecular complexity index is 565. The summed E-state index contributed by atoms with van der Waals surface area (Å²) >= 11 is 9.30. The van der Waals surface area contributed by atoms with Gasteiger partial charge < -0.3 is 4.90 Å². The van der Waals surface area contributed by atoms with Crippen LogP contribution in [0.3, 0.4) is 0 Å². The second-order valence-corrected chi connectivity index (χ2v) is 6.75. The van der Waals surface area contributed by atoms with Gasteiger partial charge in [0.1, 0.15) is 0 Å². The van der Waals surface area contributed by atoms with Crippen LogP contribution in [0.1, 0.15) is 10.4 Å². The van der Waals surface area contributed by atoms with Gasteiger partial charge in [-0.15, -0.1) is 24.0 Å². The number of carbonyl (C=O) groups is 1. The summed E-state index contributed by atoms with van der Waals surface area (Å²) < 4.78 is 1.07. The van der Waals surface area contributed by atoms with Crippen molar-refractivity contribution in [3.05, 3.63) is 50.6 Å². The molecule has 0 atom stereocenters. The SMILES string of the molecule is CN(Cc1cc(Br)cs1)C(=O)Cc1ccc(S)cc1. The van der Waals surface area contributed by atoms with Crippen molar-refractivity contribution in [2.45, 2.75) is 17.9 Å². The lowest BCUT2D eigenvalue weighted by Gasteiger charge is -2.16.